The van der Waals surface area contributed by atoms with Crippen molar-refractivity contribution in [3.8, 4) is 5.75 Å². The number of aliphatic hydroxyl groups is 2. The average Bonchev–Trinajstić information content (AvgIpc) is 2.40. The summed E-state index contributed by atoms with van der Waals surface area (Å²) in [6.07, 6.45) is 0. The van der Waals surface area contributed by atoms with Crippen LogP contribution in [-0.4, -0.2) is 44.0 Å². The van der Waals surface area contributed by atoms with Crippen LogP contribution in [0.2, 0.25) is 0 Å². The van der Waals surface area contributed by atoms with Gasteiger partial charge in [-0.1, -0.05) is 15.9 Å². The van der Waals surface area contributed by atoms with Crippen molar-refractivity contribution in [1.82, 2.24) is 4.72 Å². The lowest BCUT2D eigenvalue weighted by Gasteiger charge is -2.26. The van der Waals surface area contributed by atoms with Crippen molar-refractivity contribution >= 4 is 26.0 Å². The molecule has 0 aliphatic rings. The summed E-state index contributed by atoms with van der Waals surface area (Å²) in [6.45, 7) is 2.42. The van der Waals surface area contributed by atoms with Gasteiger partial charge in [0.15, 0.2) is 0 Å². The Morgan fingerprint density at radius 1 is 1.35 bits per heavy atom. The van der Waals surface area contributed by atoms with Gasteiger partial charge < -0.3 is 14.9 Å². The quantitative estimate of drug-likeness (QED) is 0.664. The molecule has 0 aliphatic heterocycles. The zero-order valence-corrected chi connectivity index (χ0v) is 13.7. The van der Waals surface area contributed by atoms with Gasteiger partial charge in [0.05, 0.1) is 25.4 Å². The highest BCUT2D eigenvalue weighted by molar-refractivity contribution is 9.10. The van der Waals surface area contributed by atoms with Gasteiger partial charge in [-0.25, -0.2) is 13.1 Å². The molecule has 0 atom stereocenters. The van der Waals surface area contributed by atoms with Crippen molar-refractivity contribution in [1.29, 1.82) is 0 Å². The Morgan fingerprint density at radius 3 is 2.45 bits per heavy atom. The highest BCUT2D eigenvalue weighted by Crippen LogP contribution is 2.28. The molecule has 114 valence electrons. The second-order valence-corrected chi connectivity index (χ2v) is 7.07. The van der Waals surface area contributed by atoms with Crippen LogP contribution >= 0.6 is 15.9 Å². The Hall–Kier alpha value is -0.670. The maximum absolute atomic E-state index is 12.4. The lowest BCUT2D eigenvalue weighted by atomic mass is 10.1. The number of hydrogen-bond acceptors (Lipinski definition) is 5. The highest BCUT2D eigenvalue weighted by atomic mass is 79.9. The van der Waals surface area contributed by atoms with E-state index in [2.05, 4.69) is 20.7 Å². The minimum Gasteiger partial charge on any atom is -0.492 e. The van der Waals surface area contributed by atoms with E-state index < -0.39 is 28.8 Å². The number of rotatable bonds is 7. The summed E-state index contributed by atoms with van der Waals surface area (Å²) in [5, 5.41) is 18.4. The smallest absolute Gasteiger partial charge is 0.244 e. The van der Waals surface area contributed by atoms with Crippen molar-refractivity contribution in [2.45, 2.75) is 24.3 Å². The second kappa shape index (κ2) is 6.86. The fraction of sp³-hybridized carbons (Fsp3) is 0.500. The standard InChI is InChI=1S/C12H18BrNO5S/c1-3-19-10-5-4-9(13)6-11(10)20(17,18)14-12(2,7-15)8-16/h4-6,14-16H,3,7-8H2,1-2H3. The first-order valence-electron chi connectivity index (χ1n) is 5.96. The van der Waals surface area contributed by atoms with E-state index in [9.17, 15) is 18.6 Å². The molecular weight excluding hydrogens is 350 g/mol. The predicted molar refractivity (Wildman–Crippen MR) is 78.2 cm³/mol. The Labute approximate surface area is 127 Å². The molecular formula is C12H18BrNO5S. The molecule has 8 heteroatoms. The normalized spacial score (nSPS) is 12.4. The van der Waals surface area contributed by atoms with Crippen LogP contribution in [-0.2, 0) is 10.0 Å². The average molecular weight is 368 g/mol. The summed E-state index contributed by atoms with van der Waals surface area (Å²) in [4.78, 5) is -0.0538. The predicted octanol–water partition coefficient (Wildman–Crippen LogP) is 0.869. The summed E-state index contributed by atoms with van der Waals surface area (Å²) in [5.41, 5.74) is -1.34. The van der Waals surface area contributed by atoms with Gasteiger partial charge in [-0.05, 0) is 32.0 Å². The summed E-state index contributed by atoms with van der Waals surface area (Å²) >= 11 is 3.21. The van der Waals surface area contributed by atoms with Gasteiger partial charge in [-0.3, -0.25) is 0 Å². The lowest BCUT2D eigenvalue weighted by Crippen LogP contribution is -2.51. The zero-order chi connectivity index (χ0) is 15.4. The molecule has 1 aromatic rings. The molecule has 0 bridgehead atoms. The minimum atomic E-state index is -3.94. The van der Waals surface area contributed by atoms with Crippen molar-refractivity contribution < 1.29 is 23.4 Å². The Bertz CT molecular complexity index is 557. The third-order valence-corrected chi connectivity index (χ3v) is 4.73. The molecule has 6 nitrogen and oxygen atoms in total. The Morgan fingerprint density at radius 2 is 1.95 bits per heavy atom. The second-order valence-electron chi connectivity index (χ2n) is 4.51. The van der Waals surface area contributed by atoms with Gasteiger partial charge in [0.1, 0.15) is 10.6 Å². The van der Waals surface area contributed by atoms with Crippen LogP contribution in [0.5, 0.6) is 5.75 Å². The fourth-order valence-electron chi connectivity index (χ4n) is 1.46. The first-order chi connectivity index (χ1) is 9.28. The van der Waals surface area contributed by atoms with Crippen LogP contribution in [0.1, 0.15) is 13.8 Å². The van der Waals surface area contributed by atoms with Crippen LogP contribution < -0.4 is 9.46 Å². The van der Waals surface area contributed by atoms with E-state index in [1.54, 1.807) is 13.0 Å². The zero-order valence-electron chi connectivity index (χ0n) is 11.3. The largest absolute Gasteiger partial charge is 0.492 e. The third kappa shape index (κ3) is 4.16. The summed E-state index contributed by atoms with van der Waals surface area (Å²) in [7, 11) is -3.94. The lowest BCUT2D eigenvalue weighted by molar-refractivity contribution is 0.121. The van der Waals surface area contributed by atoms with E-state index in [4.69, 9.17) is 4.74 Å². The molecule has 0 saturated heterocycles. The van der Waals surface area contributed by atoms with Crippen molar-refractivity contribution in [2.24, 2.45) is 0 Å². The number of benzene rings is 1. The van der Waals surface area contributed by atoms with E-state index in [0.29, 0.717) is 11.1 Å². The molecule has 0 radical (unpaired) electrons. The Kier molecular flexibility index (Phi) is 5.96. The molecule has 3 N–H and O–H groups in total. The Balaban J connectivity index is 3.24. The van der Waals surface area contributed by atoms with Gasteiger partial charge in [0.25, 0.3) is 0 Å². The van der Waals surface area contributed by atoms with E-state index >= 15 is 0 Å². The van der Waals surface area contributed by atoms with Gasteiger partial charge >= 0.3 is 0 Å². The first-order valence-corrected chi connectivity index (χ1v) is 8.23. The van der Waals surface area contributed by atoms with Crippen molar-refractivity contribution in [2.75, 3.05) is 19.8 Å². The maximum Gasteiger partial charge on any atom is 0.244 e. The molecule has 0 heterocycles. The minimum absolute atomic E-state index is 0.0538. The number of nitrogens with one attached hydrogen (secondary N) is 1. The fourth-order valence-corrected chi connectivity index (χ4v) is 3.53. The molecule has 0 spiro atoms. The van der Waals surface area contributed by atoms with Gasteiger partial charge in [-0.15, -0.1) is 0 Å². The summed E-state index contributed by atoms with van der Waals surface area (Å²) in [5.74, 6) is 0.210. The third-order valence-electron chi connectivity index (χ3n) is 2.57. The molecule has 1 rings (SSSR count). The van der Waals surface area contributed by atoms with E-state index in [1.807, 2.05) is 0 Å². The van der Waals surface area contributed by atoms with E-state index in [-0.39, 0.29) is 10.6 Å². The van der Waals surface area contributed by atoms with Crippen LogP contribution in [0, 0.1) is 0 Å². The maximum atomic E-state index is 12.4. The molecule has 0 aliphatic carbocycles. The molecule has 0 unspecified atom stereocenters. The van der Waals surface area contributed by atoms with Gasteiger partial charge in [-0.2, -0.15) is 0 Å². The molecule has 0 fully saturated rings. The topological polar surface area (TPSA) is 95.9 Å². The van der Waals surface area contributed by atoms with Crippen LogP contribution in [0.3, 0.4) is 0 Å². The van der Waals surface area contributed by atoms with Crippen LogP contribution in [0.25, 0.3) is 0 Å². The molecule has 20 heavy (non-hydrogen) atoms. The van der Waals surface area contributed by atoms with Crippen LogP contribution in [0.15, 0.2) is 27.6 Å². The number of hydrogen-bond donors (Lipinski definition) is 3. The van der Waals surface area contributed by atoms with Crippen LogP contribution in [0.4, 0.5) is 0 Å². The van der Waals surface area contributed by atoms with E-state index in [0.717, 1.165) is 0 Å². The molecule has 0 saturated carbocycles. The van der Waals surface area contributed by atoms with Crippen molar-refractivity contribution in [3.05, 3.63) is 22.7 Å². The number of aliphatic hydroxyl groups excluding tert-OH is 2. The molecule has 0 amide bonds. The molecule has 0 aromatic heterocycles. The number of sulfonamides is 1. The van der Waals surface area contributed by atoms with Gasteiger partial charge in [0.2, 0.25) is 10.0 Å². The SMILES string of the molecule is CCOc1ccc(Br)cc1S(=O)(=O)NC(C)(CO)CO. The first kappa shape index (κ1) is 17.4. The van der Waals surface area contributed by atoms with E-state index in [1.165, 1.54) is 19.1 Å². The summed E-state index contributed by atoms with van der Waals surface area (Å²) < 4.78 is 32.9. The monoisotopic (exact) mass is 367 g/mol. The van der Waals surface area contributed by atoms with Gasteiger partial charge in [0, 0.05) is 4.47 Å². The number of halogens is 1. The number of ether oxygens (including phenoxy) is 1. The summed E-state index contributed by atoms with van der Waals surface area (Å²) in [6, 6.07) is 4.61. The highest BCUT2D eigenvalue weighted by Gasteiger charge is 2.31. The molecule has 1 aromatic carbocycles. The van der Waals surface area contributed by atoms with Crippen molar-refractivity contribution in [3.63, 3.8) is 0 Å².